The third kappa shape index (κ3) is 3.47. The number of carbonyl (C=O) groups is 1. The van der Waals surface area contributed by atoms with Gasteiger partial charge in [-0.15, -0.1) is 0 Å². The Morgan fingerprint density at radius 2 is 1.89 bits per heavy atom. The maximum atomic E-state index is 14.2. The Kier molecular flexibility index (Phi) is 4.57. The Bertz CT molecular complexity index is 1090. The van der Waals surface area contributed by atoms with E-state index in [0.29, 0.717) is 22.7 Å². The predicted octanol–water partition coefficient (Wildman–Crippen LogP) is 4.68. The van der Waals surface area contributed by atoms with Gasteiger partial charge in [-0.3, -0.25) is 9.69 Å². The van der Waals surface area contributed by atoms with Gasteiger partial charge in [0.05, 0.1) is 12.2 Å². The third-order valence-electron chi connectivity index (χ3n) is 4.58. The molecule has 2 N–H and O–H groups in total. The van der Waals surface area contributed by atoms with Gasteiger partial charge in [-0.2, -0.15) is 0 Å². The zero-order chi connectivity index (χ0) is 19.7. The third-order valence-corrected chi connectivity index (χ3v) is 4.58. The summed E-state index contributed by atoms with van der Waals surface area (Å²) in [5.41, 5.74) is 9.32. The van der Waals surface area contributed by atoms with Gasteiger partial charge in [0.25, 0.3) is 5.91 Å². The molecule has 0 aromatic heterocycles. The van der Waals surface area contributed by atoms with Crippen molar-refractivity contribution in [2.24, 2.45) is 0 Å². The van der Waals surface area contributed by atoms with Crippen molar-refractivity contribution in [1.82, 2.24) is 0 Å². The summed E-state index contributed by atoms with van der Waals surface area (Å²) in [5.74, 6) is -0.0556. The van der Waals surface area contributed by atoms with Crippen molar-refractivity contribution in [3.05, 3.63) is 95.0 Å². The van der Waals surface area contributed by atoms with Crippen molar-refractivity contribution in [3.63, 3.8) is 0 Å². The molecule has 0 fully saturated rings. The molecular weight excluding hydrogens is 355 g/mol. The van der Waals surface area contributed by atoms with E-state index in [4.69, 9.17) is 10.5 Å². The van der Waals surface area contributed by atoms with Gasteiger partial charge in [0.2, 0.25) is 0 Å². The summed E-state index contributed by atoms with van der Waals surface area (Å²) in [7, 11) is 0. The van der Waals surface area contributed by atoms with Crippen LogP contribution in [0.15, 0.2) is 72.5 Å². The van der Waals surface area contributed by atoms with Crippen LogP contribution in [0.4, 0.5) is 15.8 Å². The quantitative estimate of drug-likeness (QED) is 0.535. The molecule has 4 nitrogen and oxygen atoms in total. The Hall–Kier alpha value is -3.60. The SMILES string of the molecule is Cc1cccc(/C=C2/Oc3cc(N)ccc3N(Cc3ccccc3F)C2=O)c1. The van der Waals surface area contributed by atoms with Gasteiger partial charge >= 0.3 is 0 Å². The second-order valence-electron chi connectivity index (χ2n) is 6.73. The van der Waals surface area contributed by atoms with Crippen molar-refractivity contribution in [1.29, 1.82) is 0 Å². The second-order valence-corrected chi connectivity index (χ2v) is 6.73. The van der Waals surface area contributed by atoms with Gasteiger partial charge in [0.1, 0.15) is 5.82 Å². The summed E-state index contributed by atoms with van der Waals surface area (Å²) in [6.07, 6.45) is 1.69. The zero-order valence-corrected chi connectivity index (χ0v) is 15.4. The fraction of sp³-hybridized carbons (Fsp3) is 0.0870. The molecule has 1 aliphatic heterocycles. The lowest BCUT2D eigenvalue weighted by Gasteiger charge is -2.31. The minimum absolute atomic E-state index is 0.0942. The van der Waals surface area contributed by atoms with Crippen molar-refractivity contribution in [2.45, 2.75) is 13.5 Å². The van der Waals surface area contributed by atoms with Crippen LogP contribution in [0.3, 0.4) is 0 Å². The van der Waals surface area contributed by atoms with Gasteiger partial charge in [0, 0.05) is 17.3 Å². The molecular formula is C23H19FN2O2. The van der Waals surface area contributed by atoms with Crippen LogP contribution in [0.5, 0.6) is 5.75 Å². The number of benzene rings is 3. The molecule has 0 saturated carbocycles. The first-order valence-corrected chi connectivity index (χ1v) is 8.92. The normalized spacial score (nSPS) is 14.7. The molecule has 0 aliphatic carbocycles. The number of hydrogen-bond acceptors (Lipinski definition) is 3. The number of nitrogens with two attached hydrogens (primary N) is 1. The average molecular weight is 374 g/mol. The minimum atomic E-state index is -0.358. The molecule has 140 valence electrons. The molecule has 5 heteroatoms. The van der Waals surface area contributed by atoms with E-state index < -0.39 is 0 Å². The number of halogens is 1. The van der Waals surface area contributed by atoms with Crippen LogP contribution in [0.1, 0.15) is 16.7 Å². The molecule has 1 heterocycles. The van der Waals surface area contributed by atoms with E-state index in [2.05, 4.69) is 0 Å². The van der Waals surface area contributed by atoms with E-state index in [1.54, 1.807) is 42.5 Å². The van der Waals surface area contributed by atoms with Gasteiger partial charge in [-0.1, -0.05) is 48.0 Å². The van der Waals surface area contributed by atoms with E-state index in [0.717, 1.165) is 11.1 Å². The molecule has 28 heavy (non-hydrogen) atoms. The fourth-order valence-corrected chi connectivity index (χ4v) is 3.20. The lowest BCUT2D eigenvalue weighted by Crippen LogP contribution is -2.37. The lowest BCUT2D eigenvalue weighted by atomic mass is 10.1. The van der Waals surface area contributed by atoms with Gasteiger partial charge in [-0.25, -0.2) is 4.39 Å². The minimum Gasteiger partial charge on any atom is -0.449 e. The number of carbonyl (C=O) groups excluding carboxylic acids is 1. The van der Waals surface area contributed by atoms with Crippen LogP contribution >= 0.6 is 0 Å². The summed E-state index contributed by atoms with van der Waals surface area (Å²) in [6, 6.07) is 19.2. The first-order valence-electron chi connectivity index (χ1n) is 8.92. The smallest absolute Gasteiger partial charge is 0.294 e. The highest BCUT2D eigenvalue weighted by Gasteiger charge is 2.31. The maximum Gasteiger partial charge on any atom is 0.294 e. The lowest BCUT2D eigenvalue weighted by molar-refractivity contribution is -0.117. The highest BCUT2D eigenvalue weighted by atomic mass is 19.1. The molecule has 0 spiro atoms. The van der Waals surface area contributed by atoms with Crippen LogP contribution in [0.2, 0.25) is 0 Å². The van der Waals surface area contributed by atoms with E-state index in [9.17, 15) is 9.18 Å². The first-order chi connectivity index (χ1) is 13.5. The molecule has 3 aromatic rings. The van der Waals surface area contributed by atoms with Crippen molar-refractivity contribution >= 4 is 23.4 Å². The summed E-state index contributed by atoms with van der Waals surface area (Å²) in [4.78, 5) is 14.7. The Morgan fingerprint density at radius 3 is 2.68 bits per heavy atom. The number of rotatable bonds is 3. The Labute approximate surface area is 162 Å². The Balaban J connectivity index is 1.78. The number of nitrogens with zero attached hydrogens (tertiary/aromatic N) is 1. The fourth-order valence-electron chi connectivity index (χ4n) is 3.20. The number of anilines is 2. The van der Waals surface area contributed by atoms with Crippen molar-refractivity contribution in [2.75, 3.05) is 10.6 Å². The molecule has 0 saturated heterocycles. The van der Waals surface area contributed by atoms with Crippen LogP contribution in [0, 0.1) is 12.7 Å². The molecule has 1 amide bonds. The van der Waals surface area contributed by atoms with Gasteiger partial charge in [0.15, 0.2) is 11.5 Å². The summed E-state index contributed by atoms with van der Waals surface area (Å²) < 4.78 is 20.1. The van der Waals surface area contributed by atoms with E-state index in [1.807, 2.05) is 31.2 Å². The van der Waals surface area contributed by atoms with Gasteiger partial charge < -0.3 is 10.5 Å². The number of amides is 1. The first kappa shape index (κ1) is 17.8. The van der Waals surface area contributed by atoms with Crippen LogP contribution in [0.25, 0.3) is 6.08 Å². The number of ether oxygens (including phenoxy) is 1. The second kappa shape index (κ2) is 7.19. The highest BCUT2D eigenvalue weighted by Crippen LogP contribution is 2.38. The molecule has 3 aromatic carbocycles. The monoisotopic (exact) mass is 374 g/mol. The van der Waals surface area contributed by atoms with E-state index >= 15 is 0 Å². The molecule has 0 radical (unpaired) electrons. The standard InChI is InChI=1S/C23H19FN2O2/c1-15-5-4-6-16(11-15)12-22-23(27)26(14-17-7-2-3-8-19(17)24)20-10-9-18(25)13-21(20)28-22/h2-13H,14,25H2,1H3/b22-12+. The van der Waals surface area contributed by atoms with E-state index in [-0.39, 0.29) is 24.0 Å². The predicted molar refractivity (Wildman–Crippen MR) is 108 cm³/mol. The molecule has 0 bridgehead atoms. The van der Waals surface area contributed by atoms with Crippen molar-refractivity contribution in [3.8, 4) is 5.75 Å². The topological polar surface area (TPSA) is 55.6 Å². The van der Waals surface area contributed by atoms with Crippen LogP contribution in [-0.4, -0.2) is 5.91 Å². The zero-order valence-electron chi connectivity index (χ0n) is 15.4. The molecule has 0 unspecified atom stereocenters. The van der Waals surface area contributed by atoms with Crippen LogP contribution in [-0.2, 0) is 11.3 Å². The summed E-state index contributed by atoms with van der Waals surface area (Å²) in [6.45, 7) is 2.07. The number of aryl methyl sites for hydroxylation is 1. The van der Waals surface area contributed by atoms with Crippen molar-refractivity contribution < 1.29 is 13.9 Å². The largest absolute Gasteiger partial charge is 0.449 e. The number of nitrogen functional groups attached to an aromatic ring is 1. The molecule has 1 aliphatic rings. The summed E-state index contributed by atoms with van der Waals surface area (Å²) in [5, 5.41) is 0. The average Bonchev–Trinajstić information content (AvgIpc) is 2.66. The molecule has 4 rings (SSSR count). The number of fused-ring (bicyclic) bond motifs is 1. The maximum absolute atomic E-state index is 14.2. The molecule has 0 atom stereocenters. The number of hydrogen-bond donors (Lipinski definition) is 1. The van der Waals surface area contributed by atoms with E-state index in [1.165, 1.54) is 11.0 Å². The summed E-state index contributed by atoms with van der Waals surface area (Å²) >= 11 is 0. The highest BCUT2D eigenvalue weighted by molar-refractivity contribution is 6.10. The Morgan fingerprint density at radius 1 is 1.07 bits per heavy atom. The van der Waals surface area contributed by atoms with Gasteiger partial charge in [-0.05, 0) is 36.8 Å². The van der Waals surface area contributed by atoms with Crippen LogP contribution < -0.4 is 15.4 Å².